The third-order valence-corrected chi connectivity index (χ3v) is 9.38. The minimum absolute atomic E-state index is 0.148. The Hall–Kier alpha value is -3.13. The summed E-state index contributed by atoms with van der Waals surface area (Å²) >= 11 is 2.40. The van der Waals surface area contributed by atoms with Crippen molar-refractivity contribution in [3.63, 3.8) is 0 Å². The molecular formula is C29H20F7N2OPS2. The van der Waals surface area contributed by atoms with E-state index < -0.39 is 46.7 Å². The molecule has 4 aromatic rings. The van der Waals surface area contributed by atoms with Crippen LogP contribution in [0.5, 0.6) is 0 Å². The molecule has 0 radical (unpaired) electrons. The van der Waals surface area contributed by atoms with Gasteiger partial charge in [-0.05, 0) is 66.8 Å². The molecule has 1 aliphatic carbocycles. The smallest absolute Gasteiger partial charge is 0.302 e. The first kappa shape index (κ1) is 30.3. The predicted molar refractivity (Wildman–Crippen MR) is 152 cm³/mol. The van der Waals surface area contributed by atoms with E-state index in [0.717, 1.165) is 46.6 Å². The highest BCUT2D eigenvalue weighted by Crippen LogP contribution is 2.44. The SMILES string of the molecule is N#Cc1c(C(F)(F)F)cc(-c2ccc(-c3cc(SCC4CC4)cc(C(F)(F)P)c3)s2)n(Cc2ccc(F)cc2F)c1=O. The lowest BCUT2D eigenvalue weighted by Crippen LogP contribution is -2.28. The van der Waals surface area contributed by atoms with Gasteiger partial charge in [0.05, 0.1) is 22.7 Å². The fraction of sp³-hybridized carbons (Fsp3) is 0.241. The van der Waals surface area contributed by atoms with Gasteiger partial charge in [0.15, 0.2) is 0 Å². The molecule has 0 N–H and O–H groups in total. The van der Waals surface area contributed by atoms with Crippen molar-refractivity contribution in [3.05, 3.63) is 98.8 Å². The number of hydrogen-bond donors (Lipinski definition) is 0. The first-order chi connectivity index (χ1) is 19.7. The molecule has 0 spiro atoms. The van der Waals surface area contributed by atoms with E-state index in [0.29, 0.717) is 33.4 Å². The number of nitrogens with zero attached hydrogens (tertiary/aromatic N) is 2. The van der Waals surface area contributed by atoms with Crippen LogP contribution in [-0.4, -0.2) is 10.3 Å². The van der Waals surface area contributed by atoms with Gasteiger partial charge >= 0.3 is 6.18 Å². The molecule has 1 aliphatic rings. The number of hydrogen-bond acceptors (Lipinski definition) is 4. The van der Waals surface area contributed by atoms with Crippen LogP contribution in [-0.2, 0) is 18.4 Å². The Morgan fingerprint density at radius 3 is 2.33 bits per heavy atom. The Bertz CT molecular complexity index is 1770. The van der Waals surface area contributed by atoms with E-state index in [4.69, 9.17) is 0 Å². The largest absolute Gasteiger partial charge is 0.417 e. The maximum atomic E-state index is 14.5. The van der Waals surface area contributed by atoms with Crippen molar-refractivity contribution < 1.29 is 30.7 Å². The van der Waals surface area contributed by atoms with Crippen LogP contribution in [0.1, 0.15) is 35.1 Å². The van der Waals surface area contributed by atoms with Gasteiger partial charge in [0.1, 0.15) is 23.3 Å². The van der Waals surface area contributed by atoms with Crippen LogP contribution in [0.4, 0.5) is 30.7 Å². The number of pyridine rings is 1. The third kappa shape index (κ3) is 6.59. The van der Waals surface area contributed by atoms with E-state index in [1.165, 1.54) is 51.3 Å². The van der Waals surface area contributed by atoms with E-state index in [-0.39, 0.29) is 21.7 Å². The molecule has 0 aliphatic heterocycles. The molecule has 0 bridgehead atoms. The zero-order valence-corrected chi connectivity index (χ0v) is 24.2. The van der Waals surface area contributed by atoms with Gasteiger partial charge in [0, 0.05) is 32.7 Å². The lowest BCUT2D eigenvalue weighted by molar-refractivity contribution is -0.137. The van der Waals surface area contributed by atoms with Gasteiger partial charge in [-0.3, -0.25) is 4.79 Å². The van der Waals surface area contributed by atoms with Crippen LogP contribution in [0.15, 0.2) is 64.3 Å². The zero-order chi connectivity index (χ0) is 30.4. The third-order valence-electron chi connectivity index (χ3n) is 6.68. The number of aromatic nitrogens is 1. The summed E-state index contributed by atoms with van der Waals surface area (Å²) in [6.07, 6.45) is -2.88. The predicted octanol–water partition coefficient (Wildman–Crippen LogP) is 8.89. The minimum Gasteiger partial charge on any atom is -0.302 e. The first-order valence-electron chi connectivity index (χ1n) is 12.5. The maximum absolute atomic E-state index is 14.5. The molecule has 13 heteroatoms. The zero-order valence-electron chi connectivity index (χ0n) is 21.4. The van der Waals surface area contributed by atoms with Gasteiger partial charge in [0.2, 0.25) is 0 Å². The van der Waals surface area contributed by atoms with E-state index in [2.05, 4.69) is 0 Å². The second-order valence-electron chi connectivity index (χ2n) is 9.84. The van der Waals surface area contributed by atoms with Crippen molar-refractivity contribution in [2.75, 3.05) is 5.75 Å². The fourth-order valence-electron chi connectivity index (χ4n) is 4.31. The summed E-state index contributed by atoms with van der Waals surface area (Å²) < 4.78 is 99.2. The average Bonchev–Trinajstić information content (AvgIpc) is 3.62. The lowest BCUT2D eigenvalue weighted by atomic mass is 10.1. The lowest BCUT2D eigenvalue weighted by Gasteiger charge is -2.17. The summed E-state index contributed by atoms with van der Waals surface area (Å²) in [7, 11) is 1.50. The fourth-order valence-corrected chi connectivity index (χ4v) is 6.67. The Balaban J connectivity index is 1.64. The number of rotatable bonds is 8. The van der Waals surface area contributed by atoms with Gasteiger partial charge in [-0.1, -0.05) is 15.3 Å². The van der Waals surface area contributed by atoms with Crippen molar-refractivity contribution in [3.8, 4) is 27.1 Å². The Morgan fingerprint density at radius 2 is 1.71 bits per heavy atom. The summed E-state index contributed by atoms with van der Waals surface area (Å²) in [5.41, 5.74) is -7.44. The van der Waals surface area contributed by atoms with Crippen LogP contribution in [0, 0.1) is 28.9 Å². The van der Waals surface area contributed by atoms with Crippen molar-refractivity contribution >= 4 is 32.3 Å². The molecule has 1 saturated carbocycles. The van der Waals surface area contributed by atoms with Gasteiger partial charge in [-0.2, -0.15) is 27.2 Å². The molecule has 2 aromatic carbocycles. The summed E-state index contributed by atoms with van der Waals surface area (Å²) in [5, 5.41) is 9.41. The van der Waals surface area contributed by atoms with Crippen molar-refractivity contribution in [1.82, 2.24) is 4.57 Å². The van der Waals surface area contributed by atoms with Gasteiger partial charge in [-0.25, -0.2) is 8.78 Å². The van der Waals surface area contributed by atoms with Crippen LogP contribution < -0.4 is 5.56 Å². The number of benzene rings is 2. The quantitative estimate of drug-likeness (QED) is 0.110. The molecule has 5 rings (SSSR count). The van der Waals surface area contributed by atoms with Crippen molar-refractivity contribution in [2.24, 2.45) is 5.92 Å². The molecule has 2 aromatic heterocycles. The monoisotopic (exact) mass is 640 g/mol. The highest BCUT2D eigenvalue weighted by Gasteiger charge is 2.37. The number of nitriles is 1. The van der Waals surface area contributed by atoms with E-state index in [1.807, 2.05) is 0 Å². The first-order valence-corrected chi connectivity index (χ1v) is 14.9. The maximum Gasteiger partial charge on any atom is 0.417 e. The van der Waals surface area contributed by atoms with Crippen LogP contribution in [0.3, 0.4) is 0 Å². The molecule has 1 fully saturated rings. The molecular weight excluding hydrogens is 620 g/mol. The molecule has 1 atom stereocenters. The van der Waals surface area contributed by atoms with Crippen LogP contribution >= 0.6 is 32.3 Å². The molecule has 42 heavy (non-hydrogen) atoms. The summed E-state index contributed by atoms with van der Waals surface area (Å²) in [4.78, 5) is 14.4. The van der Waals surface area contributed by atoms with Gasteiger partial charge < -0.3 is 4.57 Å². The summed E-state index contributed by atoms with van der Waals surface area (Å²) in [6.45, 7) is -0.586. The van der Waals surface area contributed by atoms with E-state index in [1.54, 1.807) is 6.07 Å². The highest BCUT2D eigenvalue weighted by atomic mass is 32.2. The van der Waals surface area contributed by atoms with Gasteiger partial charge in [-0.15, -0.1) is 23.1 Å². The molecule has 2 heterocycles. The molecule has 1 unspecified atom stereocenters. The molecule has 0 saturated heterocycles. The Morgan fingerprint density at radius 1 is 1.00 bits per heavy atom. The van der Waals surface area contributed by atoms with Crippen molar-refractivity contribution in [2.45, 2.75) is 36.1 Å². The number of thiophene rings is 1. The highest BCUT2D eigenvalue weighted by molar-refractivity contribution is 7.99. The summed E-state index contributed by atoms with van der Waals surface area (Å²) in [6, 6.07) is 11.9. The summed E-state index contributed by atoms with van der Waals surface area (Å²) in [5.74, 6) is -0.596. The van der Waals surface area contributed by atoms with E-state index >= 15 is 0 Å². The Labute approximate surface area is 246 Å². The number of alkyl halides is 5. The standard InChI is InChI=1S/C29H20F7N2OPS2/c30-19-4-3-16(23(31)10-19)13-38-24(11-22(28(32,33)34)21(12-37)27(38)39)26-6-5-25(42-26)17-7-18(29(35,36)40)9-20(8-17)41-14-15-1-2-15/h3-11,15H,1-2,13-14,40H2. The second kappa shape index (κ2) is 11.5. The minimum atomic E-state index is -5.05. The molecule has 218 valence electrons. The number of thioether (sulfide) groups is 1. The van der Waals surface area contributed by atoms with Gasteiger partial charge in [0.25, 0.3) is 11.2 Å². The van der Waals surface area contributed by atoms with Crippen molar-refractivity contribution in [1.29, 1.82) is 5.26 Å². The van der Waals surface area contributed by atoms with Crippen LogP contribution in [0.25, 0.3) is 21.0 Å². The number of halogens is 7. The average molecular weight is 641 g/mol. The second-order valence-corrected chi connectivity index (χ2v) is 12.7. The van der Waals surface area contributed by atoms with Crippen LogP contribution in [0.2, 0.25) is 0 Å². The Kier molecular flexibility index (Phi) is 8.31. The topological polar surface area (TPSA) is 45.8 Å². The van der Waals surface area contributed by atoms with E-state index in [9.17, 15) is 40.8 Å². The molecule has 0 amide bonds. The molecule has 3 nitrogen and oxygen atoms in total. The normalized spacial score (nSPS) is 13.8.